The molecule has 1 aromatic rings. The minimum Gasteiger partial charge on any atom is -0.506 e. The van der Waals surface area contributed by atoms with Crippen LogP contribution >= 0.6 is 11.6 Å². The van der Waals surface area contributed by atoms with Crippen LogP contribution in [0.2, 0.25) is 5.02 Å². The lowest BCUT2D eigenvalue weighted by Crippen LogP contribution is -2.21. The Morgan fingerprint density at radius 1 is 1.24 bits per heavy atom. The average molecular weight is 254 g/mol. The van der Waals surface area contributed by atoms with E-state index >= 15 is 0 Å². The van der Waals surface area contributed by atoms with Gasteiger partial charge in [0.2, 0.25) is 0 Å². The van der Waals surface area contributed by atoms with Gasteiger partial charge in [0.05, 0.1) is 5.02 Å². The minimum atomic E-state index is 0.141. The van der Waals surface area contributed by atoms with Crippen molar-refractivity contribution in [2.75, 3.05) is 0 Å². The summed E-state index contributed by atoms with van der Waals surface area (Å²) in [6.45, 7) is 9.93. The van der Waals surface area contributed by atoms with Crippen LogP contribution in [0.25, 0.3) is 0 Å². The van der Waals surface area contributed by atoms with Crippen LogP contribution in [0.1, 0.15) is 33.3 Å². The van der Waals surface area contributed by atoms with Gasteiger partial charge >= 0.3 is 0 Å². The average Bonchev–Trinajstić information content (AvgIpc) is 2.61. The molecule has 0 spiro atoms. The lowest BCUT2D eigenvalue weighted by Gasteiger charge is -2.07. The third kappa shape index (κ3) is 2.04. The standard InChI is InChI=1S/C14H20ClNO/c1-13(2)12(14(13,3)4)16-8-9-5-6-11(17)10(15)7-9/h5-7,12,16-17H,8H2,1-4H3. The summed E-state index contributed by atoms with van der Waals surface area (Å²) in [5.74, 6) is 0.141. The Morgan fingerprint density at radius 3 is 2.29 bits per heavy atom. The third-order valence-electron chi connectivity index (χ3n) is 4.54. The van der Waals surface area contributed by atoms with Crippen molar-refractivity contribution >= 4 is 11.6 Å². The highest BCUT2D eigenvalue weighted by Crippen LogP contribution is 2.62. The summed E-state index contributed by atoms with van der Waals surface area (Å²) >= 11 is 5.88. The Kier molecular flexibility index (Phi) is 2.91. The zero-order chi connectivity index (χ0) is 12.8. The zero-order valence-electron chi connectivity index (χ0n) is 10.8. The minimum absolute atomic E-state index is 0.141. The molecule has 1 aliphatic rings. The predicted octanol–water partition coefficient (Wildman–Crippen LogP) is 3.57. The number of rotatable bonds is 3. The van der Waals surface area contributed by atoms with Gasteiger partial charge in [0, 0.05) is 12.6 Å². The SMILES string of the molecule is CC1(C)C(NCc2ccc(O)c(Cl)c2)C1(C)C. The van der Waals surface area contributed by atoms with Crippen LogP contribution in [0, 0.1) is 10.8 Å². The summed E-state index contributed by atoms with van der Waals surface area (Å²) in [7, 11) is 0. The van der Waals surface area contributed by atoms with Gasteiger partial charge in [0.15, 0.2) is 0 Å². The highest BCUT2D eigenvalue weighted by Gasteiger charge is 2.64. The van der Waals surface area contributed by atoms with Crippen molar-refractivity contribution in [2.45, 2.75) is 40.3 Å². The fourth-order valence-corrected chi connectivity index (χ4v) is 2.79. The molecule has 1 aliphatic carbocycles. The van der Waals surface area contributed by atoms with Crippen molar-refractivity contribution in [3.05, 3.63) is 28.8 Å². The molecule has 0 aromatic heterocycles. The van der Waals surface area contributed by atoms with E-state index in [1.165, 1.54) is 0 Å². The van der Waals surface area contributed by atoms with E-state index in [2.05, 4.69) is 33.0 Å². The van der Waals surface area contributed by atoms with Crippen molar-refractivity contribution in [2.24, 2.45) is 10.8 Å². The fourth-order valence-electron chi connectivity index (χ4n) is 2.59. The maximum atomic E-state index is 9.35. The van der Waals surface area contributed by atoms with Gasteiger partial charge in [-0.3, -0.25) is 0 Å². The lowest BCUT2D eigenvalue weighted by molar-refractivity contribution is 0.457. The van der Waals surface area contributed by atoms with E-state index in [0.717, 1.165) is 12.1 Å². The second kappa shape index (κ2) is 3.89. The Bertz CT molecular complexity index is 426. The molecule has 1 aromatic carbocycles. The van der Waals surface area contributed by atoms with Crippen LogP contribution < -0.4 is 5.32 Å². The van der Waals surface area contributed by atoms with Crippen LogP contribution in [0.4, 0.5) is 0 Å². The molecule has 2 rings (SSSR count). The first-order valence-corrected chi connectivity index (χ1v) is 6.35. The highest BCUT2D eigenvalue weighted by atomic mass is 35.5. The molecule has 17 heavy (non-hydrogen) atoms. The Morgan fingerprint density at radius 2 is 1.82 bits per heavy atom. The number of aromatic hydroxyl groups is 1. The summed E-state index contributed by atoms with van der Waals surface area (Å²) in [6, 6.07) is 5.88. The van der Waals surface area contributed by atoms with Crippen LogP contribution in [-0.2, 0) is 6.54 Å². The van der Waals surface area contributed by atoms with E-state index in [9.17, 15) is 5.11 Å². The van der Waals surface area contributed by atoms with Gasteiger partial charge in [-0.25, -0.2) is 0 Å². The Labute approximate surface area is 108 Å². The molecule has 0 atom stereocenters. The monoisotopic (exact) mass is 253 g/mol. The van der Waals surface area contributed by atoms with Crippen molar-refractivity contribution in [3.8, 4) is 5.75 Å². The second-order valence-electron chi connectivity index (χ2n) is 6.04. The molecule has 0 heterocycles. The van der Waals surface area contributed by atoms with Gasteiger partial charge in [-0.1, -0.05) is 45.4 Å². The second-order valence-corrected chi connectivity index (χ2v) is 6.45. The normalized spacial score (nSPS) is 21.5. The van der Waals surface area contributed by atoms with Gasteiger partial charge < -0.3 is 10.4 Å². The summed E-state index contributed by atoms with van der Waals surface area (Å²) in [6.07, 6.45) is 0. The van der Waals surface area contributed by atoms with Crippen LogP contribution in [0.3, 0.4) is 0 Å². The lowest BCUT2D eigenvalue weighted by atomic mass is 10.0. The number of nitrogens with one attached hydrogen (secondary N) is 1. The molecule has 0 amide bonds. The molecule has 0 unspecified atom stereocenters. The van der Waals surface area contributed by atoms with E-state index in [4.69, 9.17) is 11.6 Å². The zero-order valence-corrected chi connectivity index (χ0v) is 11.6. The van der Waals surface area contributed by atoms with E-state index in [0.29, 0.717) is 21.9 Å². The van der Waals surface area contributed by atoms with Crippen LogP contribution in [0.5, 0.6) is 5.75 Å². The van der Waals surface area contributed by atoms with Gasteiger partial charge in [-0.05, 0) is 28.5 Å². The molecule has 2 N–H and O–H groups in total. The molecular weight excluding hydrogens is 234 g/mol. The first-order chi connectivity index (χ1) is 7.76. The summed E-state index contributed by atoms with van der Waals surface area (Å²) in [5, 5.41) is 13.3. The van der Waals surface area contributed by atoms with Crippen molar-refractivity contribution in [1.29, 1.82) is 0 Å². The number of phenols is 1. The number of hydrogen-bond acceptors (Lipinski definition) is 2. The maximum Gasteiger partial charge on any atom is 0.134 e. The van der Waals surface area contributed by atoms with Crippen molar-refractivity contribution in [3.63, 3.8) is 0 Å². The Hall–Kier alpha value is -0.730. The number of halogens is 1. The molecule has 94 valence electrons. The predicted molar refractivity (Wildman–Crippen MR) is 71.3 cm³/mol. The molecule has 0 radical (unpaired) electrons. The molecule has 1 fully saturated rings. The first-order valence-electron chi connectivity index (χ1n) is 5.97. The van der Waals surface area contributed by atoms with E-state index in [1.807, 2.05) is 12.1 Å². The van der Waals surface area contributed by atoms with Gasteiger partial charge in [-0.15, -0.1) is 0 Å². The molecule has 2 nitrogen and oxygen atoms in total. The summed E-state index contributed by atoms with van der Waals surface area (Å²) in [5.41, 5.74) is 1.79. The highest BCUT2D eigenvalue weighted by molar-refractivity contribution is 6.32. The quantitative estimate of drug-likeness (QED) is 0.863. The van der Waals surface area contributed by atoms with Crippen LogP contribution in [-0.4, -0.2) is 11.1 Å². The van der Waals surface area contributed by atoms with Crippen LogP contribution in [0.15, 0.2) is 18.2 Å². The first kappa shape index (κ1) is 12.7. The number of phenolic OH excluding ortho intramolecular Hbond substituents is 1. The largest absolute Gasteiger partial charge is 0.506 e. The molecule has 3 heteroatoms. The van der Waals surface area contributed by atoms with E-state index in [1.54, 1.807) is 6.07 Å². The number of benzene rings is 1. The maximum absolute atomic E-state index is 9.35. The van der Waals surface area contributed by atoms with Crippen molar-refractivity contribution in [1.82, 2.24) is 5.32 Å². The van der Waals surface area contributed by atoms with Gasteiger partial charge in [0.1, 0.15) is 5.75 Å². The molecule has 0 bridgehead atoms. The van der Waals surface area contributed by atoms with Gasteiger partial charge in [0.25, 0.3) is 0 Å². The molecule has 0 aliphatic heterocycles. The molecular formula is C14H20ClNO. The molecule has 1 saturated carbocycles. The van der Waals surface area contributed by atoms with E-state index < -0.39 is 0 Å². The van der Waals surface area contributed by atoms with Crippen molar-refractivity contribution < 1.29 is 5.11 Å². The number of hydrogen-bond donors (Lipinski definition) is 2. The summed E-state index contributed by atoms with van der Waals surface area (Å²) < 4.78 is 0. The topological polar surface area (TPSA) is 32.3 Å². The van der Waals surface area contributed by atoms with Gasteiger partial charge in [-0.2, -0.15) is 0 Å². The summed E-state index contributed by atoms with van der Waals surface area (Å²) in [4.78, 5) is 0. The fraction of sp³-hybridized carbons (Fsp3) is 0.571. The van der Waals surface area contributed by atoms with E-state index in [-0.39, 0.29) is 5.75 Å². The third-order valence-corrected chi connectivity index (χ3v) is 4.85. The molecule has 0 saturated heterocycles. The Balaban J connectivity index is 1.98. The smallest absolute Gasteiger partial charge is 0.134 e.